The molecule has 0 spiro atoms. The zero-order chi connectivity index (χ0) is 22.8. The number of hydrogen-bond donors (Lipinski definition) is 3. The lowest BCUT2D eigenvalue weighted by Crippen LogP contribution is -2.18. The van der Waals surface area contributed by atoms with Gasteiger partial charge >= 0.3 is 0 Å². The summed E-state index contributed by atoms with van der Waals surface area (Å²) in [5.74, 6) is -0.467. The summed E-state index contributed by atoms with van der Waals surface area (Å²) in [5, 5.41) is 6.85. The van der Waals surface area contributed by atoms with E-state index in [9.17, 15) is 9.59 Å². The van der Waals surface area contributed by atoms with Crippen molar-refractivity contribution in [2.24, 2.45) is 5.73 Å². The normalized spacial score (nSPS) is 11.0. The predicted octanol–water partition coefficient (Wildman–Crippen LogP) is 2.98. The monoisotopic (exact) mass is 431 g/mol. The Labute approximate surface area is 183 Å². The van der Waals surface area contributed by atoms with Crippen LogP contribution in [-0.4, -0.2) is 31.6 Å². The lowest BCUT2D eigenvalue weighted by atomic mass is 10.0. The number of nitrogens with one attached hydrogen (secondary N) is 1. The third-order valence-corrected chi connectivity index (χ3v) is 4.78. The lowest BCUT2D eigenvalue weighted by Gasteiger charge is -2.06. The molecule has 0 saturated heterocycles. The predicted molar refractivity (Wildman–Crippen MR) is 118 cm³/mol. The molecule has 0 atom stereocenters. The van der Waals surface area contributed by atoms with Crippen molar-refractivity contribution in [3.8, 4) is 17.1 Å². The molecule has 0 radical (unpaired) electrons. The molecule has 5 N–H and O–H groups in total. The lowest BCUT2D eigenvalue weighted by molar-refractivity contribution is 0.0996. The molecule has 2 amide bonds. The first kappa shape index (κ1) is 20.8. The molecule has 162 valence electrons. The number of aromatic nitrogens is 4. The first-order valence-corrected chi connectivity index (χ1v) is 9.80. The third-order valence-electron chi connectivity index (χ3n) is 4.78. The highest BCUT2D eigenvalue weighted by Gasteiger charge is 2.20. The van der Waals surface area contributed by atoms with E-state index in [1.54, 1.807) is 12.1 Å². The topological polar surface area (TPSA) is 155 Å². The van der Waals surface area contributed by atoms with Gasteiger partial charge in [-0.15, -0.1) is 0 Å². The minimum atomic E-state index is -0.772. The number of benzene rings is 1. The van der Waals surface area contributed by atoms with Gasteiger partial charge in [0.15, 0.2) is 11.4 Å². The van der Waals surface area contributed by atoms with Gasteiger partial charge in [-0.25, -0.2) is 14.6 Å². The Balaban J connectivity index is 1.58. The minimum Gasteiger partial charge on any atom is -0.444 e. The van der Waals surface area contributed by atoms with Gasteiger partial charge in [-0.3, -0.25) is 9.59 Å². The SMILES string of the molecule is CC(C)c1ccc(-n2cc(NC(=O)c3coc(-c4ccnc(N)c4)n3)c(C(N)=O)n2)cc1. The Morgan fingerprint density at radius 1 is 1.16 bits per heavy atom. The van der Waals surface area contributed by atoms with E-state index in [-0.39, 0.29) is 23.0 Å². The van der Waals surface area contributed by atoms with E-state index in [2.05, 4.69) is 34.2 Å². The van der Waals surface area contributed by atoms with E-state index in [1.807, 2.05) is 24.3 Å². The highest BCUT2D eigenvalue weighted by Crippen LogP contribution is 2.22. The molecule has 32 heavy (non-hydrogen) atoms. The average Bonchev–Trinajstić information content (AvgIpc) is 3.42. The van der Waals surface area contributed by atoms with Gasteiger partial charge in [0.05, 0.1) is 17.6 Å². The van der Waals surface area contributed by atoms with Gasteiger partial charge in [0, 0.05) is 11.8 Å². The maximum absolute atomic E-state index is 12.7. The molecule has 4 aromatic rings. The molecule has 3 aromatic heterocycles. The van der Waals surface area contributed by atoms with E-state index >= 15 is 0 Å². The molecule has 0 fully saturated rings. The number of hydrogen-bond acceptors (Lipinski definition) is 7. The van der Waals surface area contributed by atoms with E-state index in [0.717, 1.165) is 5.69 Å². The maximum atomic E-state index is 12.7. The van der Waals surface area contributed by atoms with E-state index < -0.39 is 11.8 Å². The molecule has 10 nitrogen and oxygen atoms in total. The maximum Gasteiger partial charge on any atom is 0.277 e. The zero-order valence-electron chi connectivity index (χ0n) is 17.4. The number of amides is 2. The Kier molecular flexibility index (Phi) is 5.42. The van der Waals surface area contributed by atoms with Crippen molar-refractivity contribution in [1.29, 1.82) is 0 Å². The molecule has 0 saturated carbocycles. The number of rotatable bonds is 6. The summed E-state index contributed by atoms with van der Waals surface area (Å²) in [6.45, 7) is 4.20. The molecule has 0 bridgehead atoms. The number of oxazole rings is 1. The second-order valence-corrected chi connectivity index (χ2v) is 7.41. The van der Waals surface area contributed by atoms with Gasteiger partial charge in [-0.2, -0.15) is 5.10 Å². The van der Waals surface area contributed by atoms with Crippen LogP contribution in [-0.2, 0) is 0 Å². The van der Waals surface area contributed by atoms with Gasteiger partial charge in [-0.05, 0) is 35.7 Å². The fraction of sp³-hybridized carbons (Fsp3) is 0.136. The van der Waals surface area contributed by atoms with Crippen LogP contribution in [0.4, 0.5) is 11.5 Å². The highest BCUT2D eigenvalue weighted by atomic mass is 16.3. The van der Waals surface area contributed by atoms with Crippen LogP contribution in [0.2, 0.25) is 0 Å². The van der Waals surface area contributed by atoms with E-state index in [0.29, 0.717) is 17.3 Å². The number of nitrogen functional groups attached to an aromatic ring is 1. The van der Waals surface area contributed by atoms with Crippen molar-refractivity contribution in [2.75, 3.05) is 11.1 Å². The van der Waals surface area contributed by atoms with Gasteiger partial charge in [-0.1, -0.05) is 26.0 Å². The number of nitrogens with zero attached hydrogens (tertiary/aromatic N) is 4. The number of primary amides is 1. The quantitative estimate of drug-likeness (QED) is 0.424. The van der Waals surface area contributed by atoms with Gasteiger partial charge in [0.1, 0.15) is 12.1 Å². The summed E-state index contributed by atoms with van der Waals surface area (Å²) < 4.78 is 6.86. The van der Waals surface area contributed by atoms with Crippen LogP contribution in [0.15, 0.2) is 59.5 Å². The minimum absolute atomic E-state index is 0.0137. The first-order valence-electron chi connectivity index (χ1n) is 9.80. The molecule has 0 aliphatic rings. The Bertz CT molecular complexity index is 1290. The molecule has 0 aliphatic carbocycles. The van der Waals surface area contributed by atoms with Gasteiger partial charge in [0.25, 0.3) is 11.8 Å². The average molecular weight is 431 g/mol. The van der Waals surface area contributed by atoms with Crippen molar-refractivity contribution < 1.29 is 14.0 Å². The van der Waals surface area contributed by atoms with Crippen molar-refractivity contribution in [2.45, 2.75) is 19.8 Å². The standard InChI is InChI=1S/C22H21N7O3/c1-12(2)13-3-5-15(6-4-13)29-10-16(19(28-29)20(24)30)26-21(31)17-11-32-22(27-17)14-7-8-25-18(23)9-14/h3-12H,1-2H3,(H2,23,25)(H2,24,30)(H,26,31). The summed E-state index contributed by atoms with van der Waals surface area (Å²) in [6, 6.07) is 10.9. The van der Waals surface area contributed by atoms with Crippen molar-refractivity contribution in [1.82, 2.24) is 19.7 Å². The summed E-state index contributed by atoms with van der Waals surface area (Å²) >= 11 is 0. The fourth-order valence-electron chi connectivity index (χ4n) is 3.07. The van der Waals surface area contributed by atoms with Crippen molar-refractivity contribution >= 4 is 23.3 Å². The molecule has 0 unspecified atom stereocenters. The van der Waals surface area contributed by atoms with E-state index in [4.69, 9.17) is 15.9 Å². The largest absolute Gasteiger partial charge is 0.444 e. The van der Waals surface area contributed by atoms with Crippen LogP contribution in [0.1, 0.15) is 46.3 Å². The Morgan fingerprint density at radius 2 is 1.91 bits per heavy atom. The molecule has 10 heteroatoms. The fourth-order valence-corrected chi connectivity index (χ4v) is 3.07. The highest BCUT2D eigenvalue weighted by molar-refractivity contribution is 6.07. The smallest absolute Gasteiger partial charge is 0.277 e. The van der Waals surface area contributed by atoms with Crippen molar-refractivity contribution in [3.63, 3.8) is 0 Å². The molecule has 4 rings (SSSR count). The molecule has 1 aromatic carbocycles. The molecular weight excluding hydrogens is 410 g/mol. The van der Waals surface area contributed by atoms with Crippen LogP contribution in [0, 0.1) is 0 Å². The van der Waals surface area contributed by atoms with Crippen LogP contribution in [0.5, 0.6) is 0 Å². The summed E-state index contributed by atoms with van der Waals surface area (Å²) in [7, 11) is 0. The van der Waals surface area contributed by atoms with Crippen LogP contribution < -0.4 is 16.8 Å². The van der Waals surface area contributed by atoms with Crippen LogP contribution in [0.25, 0.3) is 17.1 Å². The second-order valence-electron chi connectivity index (χ2n) is 7.41. The second kappa shape index (κ2) is 8.34. The molecule has 3 heterocycles. The number of pyridine rings is 1. The summed E-state index contributed by atoms with van der Waals surface area (Å²) in [4.78, 5) is 32.7. The van der Waals surface area contributed by atoms with Gasteiger partial charge < -0.3 is 21.2 Å². The van der Waals surface area contributed by atoms with Crippen LogP contribution >= 0.6 is 0 Å². The number of nitrogens with two attached hydrogens (primary N) is 2. The third kappa shape index (κ3) is 4.19. The summed E-state index contributed by atoms with van der Waals surface area (Å²) in [5.41, 5.74) is 13.7. The first-order chi connectivity index (χ1) is 15.3. The van der Waals surface area contributed by atoms with E-state index in [1.165, 1.54) is 28.9 Å². The Hall–Kier alpha value is -4.47. The Morgan fingerprint density at radius 3 is 2.56 bits per heavy atom. The number of carbonyl (C=O) groups excluding carboxylic acids is 2. The van der Waals surface area contributed by atoms with Gasteiger partial charge in [0.2, 0.25) is 5.89 Å². The summed E-state index contributed by atoms with van der Waals surface area (Å²) in [6.07, 6.45) is 4.24. The molecular formula is C22H21N7O3. The number of carbonyl (C=O) groups is 2. The van der Waals surface area contributed by atoms with Crippen molar-refractivity contribution in [3.05, 3.63) is 72.0 Å². The molecule has 0 aliphatic heterocycles. The zero-order valence-corrected chi connectivity index (χ0v) is 17.4. The number of anilines is 2. The van der Waals surface area contributed by atoms with Crippen LogP contribution in [0.3, 0.4) is 0 Å².